The van der Waals surface area contributed by atoms with Crippen molar-refractivity contribution in [1.82, 2.24) is 4.37 Å². The zero-order valence-electron chi connectivity index (χ0n) is 5.94. The van der Waals surface area contributed by atoms with Crippen molar-refractivity contribution in [3.05, 3.63) is 11.8 Å². The molecule has 0 amide bonds. The second-order valence-corrected chi connectivity index (χ2v) is 5.26. The summed E-state index contributed by atoms with van der Waals surface area (Å²) >= 11 is 1.11. The van der Waals surface area contributed by atoms with Gasteiger partial charge in [-0.15, -0.1) is 0 Å². The molecular formula is C5H8N2O2S2. The third-order valence-corrected chi connectivity index (χ3v) is 2.60. The molecule has 1 heterocycles. The van der Waals surface area contributed by atoms with E-state index in [1.165, 1.54) is 12.5 Å². The molecule has 1 rings (SSSR count). The first-order valence-electron chi connectivity index (χ1n) is 2.86. The number of nitrogens with two attached hydrogens (primary N) is 1. The molecule has 0 bridgehead atoms. The Kier molecular flexibility index (Phi) is 2.15. The summed E-state index contributed by atoms with van der Waals surface area (Å²) in [6.45, 7) is 0. The van der Waals surface area contributed by atoms with Crippen LogP contribution < -0.4 is 5.73 Å². The summed E-state index contributed by atoms with van der Waals surface area (Å²) in [4.78, 5) is 0. The molecule has 0 saturated carbocycles. The first-order chi connectivity index (χ1) is 4.99. The lowest BCUT2D eigenvalue weighted by molar-refractivity contribution is 0.601. The number of hydrogen-bond donors (Lipinski definition) is 1. The van der Waals surface area contributed by atoms with Gasteiger partial charge in [0.15, 0.2) is 9.84 Å². The highest BCUT2D eigenvalue weighted by atomic mass is 32.2. The van der Waals surface area contributed by atoms with Crippen molar-refractivity contribution in [3.8, 4) is 0 Å². The van der Waals surface area contributed by atoms with Crippen molar-refractivity contribution < 1.29 is 8.42 Å². The molecular weight excluding hydrogens is 184 g/mol. The molecule has 0 fully saturated rings. The standard InChI is InChI=1S/C5H8N2O2S2/c1-11(8,9)3-4-2-7-10-5(4)6/h2H,3,6H2,1H3. The van der Waals surface area contributed by atoms with E-state index in [1.54, 1.807) is 0 Å². The Morgan fingerprint density at radius 1 is 1.73 bits per heavy atom. The van der Waals surface area contributed by atoms with Gasteiger partial charge >= 0.3 is 0 Å². The number of hydrogen-bond acceptors (Lipinski definition) is 5. The monoisotopic (exact) mass is 192 g/mol. The molecule has 2 N–H and O–H groups in total. The first kappa shape index (κ1) is 8.48. The van der Waals surface area contributed by atoms with Gasteiger partial charge < -0.3 is 5.73 Å². The highest BCUT2D eigenvalue weighted by Gasteiger charge is 2.08. The van der Waals surface area contributed by atoms with Crippen LogP contribution in [-0.2, 0) is 15.6 Å². The Morgan fingerprint density at radius 3 is 2.73 bits per heavy atom. The van der Waals surface area contributed by atoms with Gasteiger partial charge in [-0.1, -0.05) is 0 Å². The zero-order chi connectivity index (χ0) is 8.48. The average Bonchev–Trinajstić information content (AvgIpc) is 2.12. The summed E-state index contributed by atoms with van der Waals surface area (Å²) in [5.74, 6) is -0.0185. The molecule has 0 aliphatic heterocycles. The van der Waals surface area contributed by atoms with E-state index in [2.05, 4.69) is 4.37 Å². The fraction of sp³-hybridized carbons (Fsp3) is 0.400. The predicted molar refractivity (Wildman–Crippen MR) is 45.1 cm³/mol. The summed E-state index contributed by atoms with van der Waals surface area (Å²) in [6.07, 6.45) is 2.66. The van der Waals surface area contributed by atoms with Crippen LogP contribution in [0.25, 0.3) is 0 Å². The van der Waals surface area contributed by atoms with E-state index in [0.717, 1.165) is 11.5 Å². The van der Waals surface area contributed by atoms with E-state index in [1.807, 2.05) is 0 Å². The van der Waals surface area contributed by atoms with Crippen LogP contribution in [0.15, 0.2) is 6.20 Å². The molecule has 0 atom stereocenters. The fourth-order valence-corrected chi connectivity index (χ4v) is 2.08. The Balaban J connectivity index is 2.89. The Hall–Kier alpha value is -0.620. The van der Waals surface area contributed by atoms with Crippen LogP contribution in [0.5, 0.6) is 0 Å². The van der Waals surface area contributed by atoms with Crippen LogP contribution >= 0.6 is 11.5 Å². The van der Waals surface area contributed by atoms with Crippen molar-refractivity contribution >= 4 is 26.4 Å². The topological polar surface area (TPSA) is 73.0 Å². The molecule has 0 aromatic carbocycles. The first-order valence-corrected chi connectivity index (χ1v) is 5.69. The summed E-state index contributed by atoms with van der Waals surface area (Å²) in [7, 11) is -2.98. The maximum atomic E-state index is 10.8. The quantitative estimate of drug-likeness (QED) is 0.730. The van der Waals surface area contributed by atoms with Crippen LogP contribution in [-0.4, -0.2) is 19.0 Å². The van der Waals surface area contributed by atoms with Crippen molar-refractivity contribution in [2.75, 3.05) is 12.0 Å². The molecule has 6 heteroatoms. The van der Waals surface area contributed by atoms with Gasteiger partial charge in [0.1, 0.15) is 5.00 Å². The molecule has 62 valence electrons. The molecule has 0 spiro atoms. The van der Waals surface area contributed by atoms with Crippen molar-refractivity contribution in [2.24, 2.45) is 0 Å². The molecule has 0 aliphatic rings. The minimum Gasteiger partial charge on any atom is -0.389 e. The lowest BCUT2D eigenvalue weighted by Crippen LogP contribution is -2.01. The third-order valence-electron chi connectivity index (χ3n) is 1.09. The smallest absolute Gasteiger partial charge is 0.151 e. The van der Waals surface area contributed by atoms with E-state index in [-0.39, 0.29) is 5.75 Å². The van der Waals surface area contributed by atoms with Crippen molar-refractivity contribution in [3.63, 3.8) is 0 Å². The molecule has 0 radical (unpaired) electrons. The normalized spacial score (nSPS) is 11.7. The van der Waals surface area contributed by atoms with Gasteiger partial charge in [-0.3, -0.25) is 0 Å². The third kappa shape index (κ3) is 2.47. The highest BCUT2D eigenvalue weighted by Crippen LogP contribution is 2.17. The van der Waals surface area contributed by atoms with E-state index in [9.17, 15) is 8.42 Å². The minimum absolute atomic E-state index is 0.0185. The summed E-state index contributed by atoms with van der Waals surface area (Å²) in [5, 5.41) is 0.482. The predicted octanol–water partition coefficient (Wildman–Crippen LogP) is 0.270. The van der Waals surface area contributed by atoms with Gasteiger partial charge in [0.25, 0.3) is 0 Å². The second-order valence-electron chi connectivity index (χ2n) is 2.29. The molecule has 1 aromatic heterocycles. The van der Waals surface area contributed by atoms with Gasteiger partial charge in [-0.05, 0) is 11.5 Å². The van der Waals surface area contributed by atoms with Crippen LogP contribution in [0.3, 0.4) is 0 Å². The Bertz CT molecular complexity index is 341. The van der Waals surface area contributed by atoms with Gasteiger partial charge in [-0.2, -0.15) is 4.37 Å². The Labute approximate surface area is 69.1 Å². The number of sulfone groups is 1. The minimum atomic E-state index is -2.98. The van der Waals surface area contributed by atoms with Crippen LogP contribution in [0.1, 0.15) is 5.56 Å². The maximum absolute atomic E-state index is 10.8. The molecule has 0 aliphatic carbocycles. The average molecular weight is 192 g/mol. The largest absolute Gasteiger partial charge is 0.389 e. The van der Waals surface area contributed by atoms with Crippen molar-refractivity contribution in [1.29, 1.82) is 0 Å². The summed E-state index contributed by atoms with van der Waals surface area (Å²) < 4.78 is 25.3. The molecule has 11 heavy (non-hydrogen) atoms. The molecule has 0 unspecified atom stereocenters. The highest BCUT2D eigenvalue weighted by molar-refractivity contribution is 7.89. The Morgan fingerprint density at radius 2 is 2.36 bits per heavy atom. The maximum Gasteiger partial charge on any atom is 0.151 e. The fourth-order valence-electron chi connectivity index (χ4n) is 0.660. The number of aromatic nitrogens is 1. The number of nitrogens with zero attached hydrogens (tertiary/aromatic N) is 1. The van der Waals surface area contributed by atoms with E-state index >= 15 is 0 Å². The van der Waals surface area contributed by atoms with Crippen LogP contribution in [0.4, 0.5) is 5.00 Å². The zero-order valence-corrected chi connectivity index (χ0v) is 7.58. The van der Waals surface area contributed by atoms with Crippen LogP contribution in [0.2, 0.25) is 0 Å². The van der Waals surface area contributed by atoms with Gasteiger partial charge in [-0.25, -0.2) is 8.42 Å². The SMILES string of the molecule is CS(=O)(=O)Cc1cnsc1N. The van der Waals surface area contributed by atoms with E-state index in [4.69, 9.17) is 5.73 Å². The number of anilines is 1. The number of nitrogen functional groups attached to an aromatic ring is 1. The summed E-state index contributed by atoms with van der Waals surface area (Å²) in [6, 6.07) is 0. The molecule has 1 aromatic rings. The van der Waals surface area contributed by atoms with Gasteiger partial charge in [0.05, 0.1) is 5.75 Å². The summed E-state index contributed by atoms with van der Waals surface area (Å²) in [5.41, 5.74) is 6.03. The van der Waals surface area contributed by atoms with E-state index in [0.29, 0.717) is 10.6 Å². The molecule has 0 saturated heterocycles. The second kappa shape index (κ2) is 2.78. The van der Waals surface area contributed by atoms with Gasteiger partial charge in [0.2, 0.25) is 0 Å². The lowest BCUT2D eigenvalue weighted by atomic mass is 10.4. The van der Waals surface area contributed by atoms with Crippen LogP contribution in [0, 0.1) is 0 Å². The van der Waals surface area contributed by atoms with Crippen molar-refractivity contribution in [2.45, 2.75) is 5.75 Å². The lowest BCUT2D eigenvalue weighted by Gasteiger charge is -1.94. The molecule has 4 nitrogen and oxygen atoms in total. The van der Waals surface area contributed by atoms with Gasteiger partial charge in [0, 0.05) is 18.0 Å². The number of rotatable bonds is 2. The van der Waals surface area contributed by atoms with E-state index < -0.39 is 9.84 Å².